The molecule has 0 saturated heterocycles. The van der Waals surface area contributed by atoms with Crippen LogP contribution in [-0.4, -0.2) is 11.2 Å². The number of H-pyrrole nitrogens is 1. The van der Waals surface area contributed by atoms with Crippen molar-refractivity contribution in [3.63, 3.8) is 0 Å². The summed E-state index contributed by atoms with van der Waals surface area (Å²) in [7, 11) is 0. The van der Waals surface area contributed by atoms with Crippen LogP contribution in [0.15, 0.2) is 40.2 Å². The molecule has 4 heteroatoms. The van der Waals surface area contributed by atoms with Gasteiger partial charge in [0.05, 0.1) is 5.03 Å². The summed E-state index contributed by atoms with van der Waals surface area (Å²) in [5.41, 5.74) is 1.24. The number of hydrogen-bond acceptors (Lipinski definition) is 3. The molecule has 2 nitrogen and oxygen atoms in total. The van der Waals surface area contributed by atoms with Crippen molar-refractivity contribution in [1.82, 2.24) is 4.98 Å². The van der Waals surface area contributed by atoms with Gasteiger partial charge in [-0.15, -0.1) is 11.8 Å². The number of aromatic amines is 1. The van der Waals surface area contributed by atoms with Crippen LogP contribution in [0.5, 0.6) is 0 Å². The van der Waals surface area contributed by atoms with Crippen molar-refractivity contribution < 1.29 is 0 Å². The van der Waals surface area contributed by atoms with E-state index in [0.29, 0.717) is 0 Å². The molecule has 1 heterocycles. The second-order valence-electron chi connectivity index (χ2n) is 3.54. The minimum absolute atomic E-state index is 0.0298. The molecule has 0 fully saturated rings. The molecule has 16 heavy (non-hydrogen) atoms. The van der Waals surface area contributed by atoms with E-state index in [1.807, 2.05) is 24.5 Å². The van der Waals surface area contributed by atoms with Crippen molar-refractivity contribution in [3.05, 3.63) is 50.4 Å². The Kier molecular flexibility index (Phi) is 3.51. The Labute approximate surface area is 103 Å². The highest BCUT2D eigenvalue weighted by molar-refractivity contribution is 7.98. The molecule has 1 aromatic heterocycles. The lowest BCUT2D eigenvalue weighted by Gasteiger charge is -2.10. The number of aromatic nitrogens is 1. The van der Waals surface area contributed by atoms with Gasteiger partial charge in [-0.3, -0.25) is 4.79 Å². The first-order chi connectivity index (χ1) is 7.72. The highest BCUT2D eigenvalue weighted by Gasteiger charge is 2.15. The SMILES string of the molecule is CSc1[nH]c(=O)sc1[C@H](C)c1ccccc1. The van der Waals surface area contributed by atoms with Gasteiger partial charge >= 0.3 is 4.87 Å². The van der Waals surface area contributed by atoms with Crippen molar-refractivity contribution in [1.29, 1.82) is 0 Å². The molecule has 1 atom stereocenters. The Morgan fingerprint density at radius 3 is 2.62 bits per heavy atom. The van der Waals surface area contributed by atoms with E-state index < -0.39 is 0 Å². The standard InChI is InChI=1S/C12H13NOS2/c1-8(9-6-4-3-5-7-9)10-11(15-2)13-12(14)16-10/h3-8H,1-2H3,(H,13,14)/t8-/m1/s1. The van der Waals surface area contributed by atoms with Gasteiger partial charge in [0.15, 0.2) is 0 Å². The molecule has 0 aliphatic rings. The fraction of sp³-hybridized carbons (Fsp3) is 0.250. The molecular formula is C12H13NOS2. The predicted octanol–water partition coefficient (Wildman–Crippen LogP) is 3.31. The van der Waals surface area contributed by atoms with Crippen LogP contribution in [0, 0.1) is 0 Å². The monoisotopic (exact) mass is 251 g/mol. The van der Waals surface area contributed by atoms with Gasteiger partial charge in [-0.2, -0.15) is 0 Å². The lowest BCUT2D eigenvalue weighted by atomic mass is 10.0. The van der Waals surface area contributed by atoms with E-state index in [9.17, 15) is 4.79 Å². The summed E-state index contributed by atoms with van der Waals surface area (Å²) in [4.78, 5) is 15.4. The molecule has 0 radical (unpaired) electrons. The lowest BCUT2D eigenvalue weighted by molar-refractivity contribution is 0.903. The average Bonchev–Trinajstić information content (AvgIpc) is 2.70. The minimum Gasteiger partial charge on any atom is -0.307 e. The lowest BCUT2D eigenvalue weighted by Crippen LogP contribution is -1.94. The smallest absolute Gasteiger partial charge is 0.305 e. The summed E-state index contributed by atoms with van der Waals surface area (Å²) in [5, 5.41) is 0.992. The van der Waals surface area contributed by atoms with Crippen molar-refractivity contribution in [3.8, 4) is 0 Å². The maximum atomic E-state index is 11.4. The maximum Gasteiger partial charge on any atom is 0.305 e. The van der Waals surface area contributed by atoms with Gasteiger partial charge in [-0.05, 0) is 11.8 Å². The number of benzene rings is 1. The van der Waals surface area contributed by atoms with Gasteiger partial charge in [-0.25, -0.2) is 0 Å². The third-order valence-electron chi connectivity index (χ3n) is 2.54. The van der Waals surface area contributed by atoms with E-state index in [0.717, 1.165) is 9.90 Å². The Bertz CT molecular complexity index is 515. The van der Waals surface area contributed by atoms with Gasteiger partial charge in [-0.1, -0.05) is 48.6 Å². The first-order valence-electron chi connectivity index (χ1n) is 5.04. The van der Waals surface area contributed by atoms with Crippen LogP contribution in [0.3, 0.4) is 0 Å². The fourth-order valence-electron chi connectivity index (χ4n) is 1.66. The van der Waals surface area contributed by atoms with Gasteiger partial charge in [0.2, 0.25) is 0 Å². The van der Waals surface area contributed by atoms with E-state index >= 15 is 0 Å². The number of thiazole rings is 1. The first kappa shape index (κ1) is 11.5. The highest BCUT2D eigenvalue weighted by Crippen LogP contribution is 2.32. The summed E-state index contributed by atoms with van der Waals surface area (Å²) in [5.74, 6) is 0.271. The third-order valence-corrected chi connectivity index (χ3v) is 4.46. The van der Waals surface area contributed by atoms with Gasteiger partial charge < -0.3 is 4.98 Å². The Morgan fingerprint density at radius 1 is 1.31 bits per heavy atom. The largest absolute Gasteiger partial charge is 0.307 e. The molecule has 0 bridgehead atoms. The number of hydrogen-bond donors (Lipinski definition) is 1. The quantitative estimate of drug-likeness (QED) is 0.849. The Hall–Kier alpha value is -1.00. The summed E-state index contributed by atoms with van der Waals surface area (Å²) >= 11 is 2.90. The molecule has 0 saturated carbocycles. The molecule has 2 aromatic rings. The summed E-state index contributed by atoms with van der Waals surface area (Å²) < 4.78 is 0. The zero-order valence-electron chi connectivity index (χ0n) is 9.19. The Morgan fingerprint density at radius 2 is 2.00 bits per heavy atom. The highest BCUT2D eigenvalue weighted by atomic mass is 32.2. The van der Waals surface area contributed by atoms with Crippen LogP contribution in [0.25, 0.3) is 0 Å². The van der Waals surface area contributed by atoms with Crippen LogP contribution in [0.1, 0.15) is 23.3 Å². The van der Waals surface area contributed by atoms with E-state index in [1.165, 1.54) is 16.9 Å². The molecule has 0 aliphatic carbocycles. The summed E-state index contributed by atoms with van der Waals surface area (Å²) in [6.45, 7) is 2.13. The minimum atomic E-state index is 0.0298. The van der Waals surface area contributed by atoms with Crippen molar-refractivity contribution >= 4 is 23.1 Å². The summed E-state index contributed by atoms with van der Waals surface area (Å²) in [6, 6.07) is 10.3. The number of rotatable bonds is 3. The van der Waals surface area contributed by atoms with Crippen LogP contribution in [0.4, 0.5) is 0 Å². The third kappa shape index (κ3) is 2.23. The van der Waals surface area contributed by atoms with E-state index in [2.05, 4.69) is 24.0 Å². The van der Waals surface area contributed by atoms with Crippen molar-refractivity contribution in [2.75, 3.05) is 6.26 Å². The maximum absolute atomic E-state index is 11.4. The topological polar surface area (TPSA) is 32.9 Å². The molecule has 2 rings (SSSR count). The zero-order valence-corrected chi connectivity index (χ0v) is 10.8. The zero-order chi connectivity index (χ0) is 11.5. The molecule has 1 N–H and O–H groups in total. The molecule has 0 spiro atoms. The normalized spacial score (nSPS) is 12.6. The van der Waals surface area contributed by atoms with Crippen LogP contribution in [0.2, 0.25) is 0 Å². The molecule has 0 aliphatic heterocycles. The van der Waals surface area contributed by atoms with E-state index in [-0.39, 0.29) is 10.8 Å². The first-order valence-corrected chi connectivity index (χ1v) is 7.08. The van der Waals surface area contributed by atoms with Crippen molar-refractivity contribution in [2.45, 2.75) is 17.9 Å². The fourth-order valence-corrected chi connectivity index (χ4v) is 3.48. The van der Waals surface area contributed by atoms with Gasteiger partial charge in [0.1, 0.15) is 0 Å². The molecule has 84 valence electrons. The van der Waals surface area contributed by atoms with Crippen LogP contribution < -0.4 is 4.87 Å². The van der Waals surface area contributed by atoms with Crippen LogP contribution in [-0.2, 0) is 0 Å². The van der Waals surface area contributed by atoms with Crippen LogP contribution >= 0.6 is 23.1 Å². The molecule has 1 aromatic carbocycles. The average molecular weight is 251 g/mol. The molecule has 0 unspecified atom stereocenters. The Balaban J connectivity index is 2.41. The number of nitrogens with one attached hydrogen (secondary N) is 1. The van der Waals surface area contributed by atoms with E-state index in [1.54, 1.807) is 11.8 Å². The van der Waals surface area contributed by atoms with E-state index in [4.69, 9.17) is 0 Å². The second-order valence-corrected chi connectivity index (χ2v) is 5.38. The second kappa shape index (κ2) is 4.89. The van der Waals surface area contributed by atoms with Gasteiger partial charge in [0, 0.05) is 10.8 Å². The number of thioether (sulfide) groups is 1. The predicted molar refractivity (Wildman–Crippen MR) is 70.7 cm³/mol. The summed E-state index contributed by atoms with van der Waals surface area (Å²) in [6.07, 6.45) is 1.99. The van der Waals surface area contributed by atoms with Crippen molar-refractivity contribution in [2.24, 2.45) is 0 Å². The molecular weight excluding hydrogens is 238 g/mol. The van der Waals surface area contributed by atoms with Gasteiger partial charge in [0.25, 0.3) is 0 Å². The molecule has 0 amide bonds.